The zero-order chi connectivity index (χ0) is 17.7. The highest BCUT2D eigenvalue weighted by Crippen LogP contribution is 2.62. The van der Waals surface area contributed by atoms with Gasteiger partial charge in [-0.25, -0.2) is 0 Å². The van der Waals surface area contributed by atoms with Crippen molar-refractivity contribution >= 4 is 17.5 Å². The van der Waals surface area contributed by atoms with Gasteiger partial charge >= 0.3 is 0 Å². The van der Waals surface area contributed by atoms with E-state index in [4.69, 9.17) is 11.6 Å². The first-order chi connectivity index (χ1) is 12.7. The Morgan fingerprint density at radius 3 is 2.85 bits per heavy atom. The van der Waals surface area contributed by atoms with E-state index in [1.165, 1.54) is 11.1 Å². The van der Waals surface area contributed by atoms with Crippen LogP contribution in [0.5, 0.6) is 0 Å². The second kappa shape index (κ2) is 6.11. The van der Waals surface area contributed by atoms with Gasteiger partial charge in [-0.1, -0.05) is 54.1 Å². The predicted molar refractivity (Wildman–Crippen MR) is 103 cm³/mol. The van der Waals surface area contributed by atoms with Gasteiger partial charge in [0.1, 0.15) is 0 Å². The van der Waals surface area contributed by atoms with E-state index < -0.39 is 0 Å². The number of nitrogens with one attached hydrogen (secondary N) is 1. The van der Waals surface area contributed by atoms with Crippen LogP contribution in [0.25, 0.3) is 0 Å². The van der Waals surface area contributed by atoms with Crippen LogP contribution in [0.2, 0.25) is 5.02 Å². The van der Waals surface area contributed by atoms with Gasteiger partial charge < -0.3 is 10.2 Å². The van der Waals surface area contributed by atoms with Crippen LogP contribution in [0, 0.1) is 5.92 Å². The number of carbonyl (C=O) groups excluding carboxylic acids is 1. The third kappa shape index (κ3) is 2.41. The molecule has 1 N–H and O–H groups in total. The van der Waals surface area contributed by atoms with Gasteiger partial charge in [0, 0.05) is 36.0 Å². The van der Waals surface area contributed by atoms with Crippen molar-refractivity contribution in [3.05, 3.63) is 70.2 Å². The number of hydrogen-bond donors (Lipinski definition) is 1. The van der Waals surface area contributed by atoms with Crippen LogP contribution in [0.3, 0.4) is 0 Å². The van der Waals surface area contributed by atoms with Crippen molar-refractivity contribution in [2.75, 3.05) is 19.6 Å². The maximum absolute atomic E-state index is 13.5. The molecule has 0 radical (unpaired) electrons. The number of halogens is 1. The van der Waals surface area contributed by atoms with Gasteiger partial charge in [0.05, 0.1) is 6.04 Å². The maximum Gasteiger partial charge on any atom is 0.227 e. The minimum Gasteiger partial charge on any atom is -0.333 e. The molecule has 134 valence electrons. The number of benzene rings is 2. The van der Waals surface area contributed by atoms with Crippen molar-refractivity contribution in [2.45, 2.75) is 30.7 Å². The fourth-order valence-corrected chi connectivity index (χ4v) is 5.37. The summed E-state index contributed by atoms with van der Waals surface area (Å²) in [5.74, 6) is 0.447. The van der Waals surface area contributed by atoms with Gasteiger partial charge in [-0.2, -0.15) is 0 Å². The summed E-state index contributed by atoms with van der Waals surface area (Å²) in [6, 6.07) is 16.6. The lowest BCUT2D eigenvalue weighted by Gasteiger charge is -2.37. The highest BCUT2D eigenvalue weighted by atomic mass is 35.5. The smallest absolute Gasteiger partial charge is 0.227 e. The SMILES string of the molecule is O=C(C1CC12CCc1ccccc12)N1CCNCC1c1ccccc1Cl. The van der Waals surface area contributed by atoms with Gasteiger partial charge in [0.15, 0.2) is 0 Å². The molecule has 2 fully saturated rings. The predicted octanol–water partition coefficient (Wildman–Crippen LogP) is 3.72. The Kier molecular flexibility index (Phi) is 3.84. The molecule has 1 amide bonds. The molecule has 0 bridgehead atoms. The Morgan fingerprint density at radius 2 is 1.96 bits per heavy atom. The zero-order valence-electron chi connectivity index (χ0n) is 14.7. The summed E-state index contributed by atoms with van der Waals surface area (Å²) in [6.45, 7) is 2.37. The number of carbonyl (C=O) groups is 1. The summed E-state index contributed by atoms with van der Waals surface area (Å²) < 4.78 is 0. The normalized spacial score (nSPS) is 29.7. The summed E-state index contributed by atoms with van der Waals surface area (Å²) in [7, 11) is 0. The van der Waals surface area contributed by atoms with E-state index in [2.05, 4.69) is 34.5 Å². The number of nitrogens with zero attached hydrogens (tertiary/aromatic N) is 1. The lowest BCUT2D eigenvalue weighted by Crippen LogP contribution is -2.49. The van der Waals surface area contributed by atoms with E-state index in [1.807, 2.05) is 24.3 Å². The van der Waals surface area contributed by atoms with Gasteiger partial charge in [0.2, 0.25) is 5.91 Å². The summed E-state index contributed by atoms with van der Waals surface area (Å²) in [4.78, 5) is 15.6. The van der Waals surface area contributed by atoms with Crippen LogP contribution in [0.4, 0.5) is 0 Å². The van der Waals surface area contributed by atoms with Gasteiger partial charge in [-0.3, -0.25) is 4.79 Å². The second-order valence-electron chi connectivity index (χ2n) is 7.84. The molecule has 1 aliphatic heterocycles. The van der Waals surface area contributed by atoms with Crippen molar-refractivity contribution in [1.82, 2.24) is 10.2 Å². The fraction of sp³-hybridized carbons (Fsp3) is 0.409. The van der Waals surface area contributed by atoms with Gasteiger partial charge in [-0.05, 0) is 42.0 Å². The molecule has 5 rings (SSSR count). The molecule has 3 unspecified atom stereocenters. The Morgan fingerprint density at radius 1 is 1.15 bits per heavy atom. The van der Waals surface area contributed by atoms with E-state index in [1.54, 1.807) is 0 Å². The second-order valence-corrected chi connectivity index (χ2v) is 8.25. The van der Waals surface area contributed by atoms with E-state index in [0.29, 0.717) is 5.91 Å². The molecule has 3 atom stereocenters. The number of hydrogen-bond acceptors (Lipinski definition) is 2. The minimum atomic E-state index is 0.0271. The van der Waals surface area contributed by atoms with Gasteiger partial charge in [-0.15, -0.1) is 0 Å². The Hall–Kier alpha value is -1.84. The third-order valence-electron chi connectivity index (χ3n) is 6.56. The monoisotopic (exact) mass is 366 g/mol. The van der Waals surface area contributed by atoms with Crippen LogP contribution in [0.15, 0.2) is 48.5 Å². The molecule has 1 heterocycles. The molecule has 0 aromatic heterocycles. The Balaban J connectivity index is 1.43. The first-order valence-electron chi connectivity index (χ1n) is 9.55. The molecule has 1 spiro atoms. The number of piperazine rings is 1. The molecule has 3 aliphatic rings. The lowest BCUT2D eigenvalue weighted by molar-refractivity contribution is -0.136. The van der Waals surface area contributed by atoms with Crippen molar-refractivity contribution in [1.29, 1.82) is 0 Å². The topological polar surface area (TPSA) is 32.3 Å². The summed E-state index contributed by atoms with van der Waals surface area (Å²) in [5, 5.41) is 4.17. The number of fused-ring (bicyclic) bond motifs is 2. The first-order valence-corrected chi connectivity index (χ1v) is 9.92. The molecule has 2 aromatic carbocycles. The molecule has 2 aliphatic carbocycles. The third-order valence-corrected chi connectivity index (χ3v) is 6.90. The average Bonchev–Trinajstić information content (AvgIpc) is 3.30. The van der Waals surface area contributed by atoms with E-state index in [9.17, 15) is 4.79 Å². The molecular weight excluding hydrogens is 344 g/mol. The molecule has 26 heavy (non-hydrogen) atoms. The highest BCUT2D eigenvalue weighted by molar-refractivity contribution is 6.31. The number of aryl methyl sites for hydroxylation is 1. The van der Waals surface area contributed by atoms with Crippen molar-refractivity contribution in [3.63, 3.8) is 0 Å². The van der Waals surface area contributed by atoms with Crippen molar-refractivity contribution < 1.29 is 4.79 Å². The Labute approximate surface area is 159 Å². The van der Waals surface area contributed by atoms with Crippen LogP contribution < -0.4 is 5.32 Å². The lowest BCUT2D eigenvalue weighted by atomic mass is 9.94. The first kappa shape index (κ1) is 16.3. The van der Waals surface area contributed by atoms with E-state index in [0.717, 1.165) is 49.5 Å². The van der Waals surface area contributed by atoms with Crippen LogP contribution in [-0.2, 0) is 16.6 Å². The highest BCUT2D eigenvalue weighted by Gasteiger charge is 2.62. The molecule has 2 aromatic rings. The minimum absolute atomic E-state index is 0.0271. The standard InChI is InChI=1S/C22H23ClN2O/c23-19-8-4-2-6-16(19)20-14-24-11-12-25(20)21(26)18-13-22(18)10-9-15-5-1-3-7-17(15)22/h1-8,18,20,24H,9-14H2. The summed E-state index contributed by atoms with van der Waals surface area (Å²) in [5.41, 5.74) is 4.01. The Bertz CT molecular complexity index is 867. The maximum atomic E-state index is 13.5. The van der Waals surface area contributed by atoms with Crippen molar-refractivity contribution in [2.24, 2.45) is 5.92 Å². The van der Waals surface area contributed by atoms with E-state index >= 15 is 0 Å². The van der Waals surface area contributed by atoms with Crippen LogP contribution >= 0.6 is 11.6 Å². The summed E-state index contributed by atoms with van der Waals surface area (Å²) in [6.07, 6.45) is 3.23. The summed E-state index contributed by atoms with van der Waals surface area (Å²) >= 11 is 6.44. The molecule has 1 saturated carbocycles. The van der Waals surface area contributed by atoms with E-state index in [-0.39, 0.29) is 17.4 Å². The average molecular weight is 367 g/mol. The fourth-order valence-electron chi connectivity index (χ4n) is 5.11. The van der Waals surface area contributed by atoms with Crippen LogP contribution in [0.1, 0.15) is 35.6 Å². The van der Waals surface area contributed by atoms with Crippen molar-refractivity contribution in [3.8, 4) is 0 Å². The quantitative estimate of drug-likeness (QED) is 0.878. The zero-order valence-corrected chi connectivity index (χ0v) is 15.5. The number of amides is 1. The van der Waals surface area contributed by atoms with Crippen LogP contribution in [-0.4, -0.2) is 30.4 Å². The van der Waals surface area contributed by atoms with Gasteiger partial charge in [0.25, 0.3) is 0 Å². The molecular formula is C22H23ClN2O. The molecule has 1 saturated heterocycles. The number of rotatable bonds is 2. The largest absolute Gasteiger partial charge is 0.333 e. The molecule has 4 heteroatoms. The molecule has 3 nitrogen and oxygen atoms in total.